The second-order valence-electron chi connectivity index (χ2n) is 3.49. The Hall–Kier alpha value is -0.450. The largest absolute Gasteiger partial charge is 0.385 e. The molecule has 15 heavy (non-hydrogen) atoms. The van der Waals surface area contributed by atoms with Gasteiger partial charge in [0.15, 0.2) is 0 Å². The first-order chi connectivity index (χ1) is 7.36. The van der Waals surface area contributed by atoms with E-state index >= 15 is 0 Å². The maximum Gasteiger partial charge on any atom is 0.0929 e. The van der Waals surface area contributed by atoms with Crippen LogP contribution in [0.3, 0.4) is 0 Å². The molecule has 86 valence electrons. The number of methoxy groups -OCH3 is 1. The Labute approximate surface area is 95.9 Å². The molecule has 0 aromatic carbocycles. The summed E-state index contributed by atoms with van der Waals surface area (Å²) in [5.41, 5.74) is 0. The van der Waals surface area contributed by atoms with Gasteiger partial charge in [-0.3, -0.25) is 0 Å². The van der Waals surface area contributed by atoms with Crippen molar-refractivity contribution >= 4 is 11.3 Å². The van der Waals surface area contributed by atoms with Crippen LogP contribution in [-0.4, -0.2) is 25.2 Å². The Balaban J connectivity index is 2.23. The summed E-state index contributed by atoms with van der Waals surface area (Å²) in [7, 11) is 1.74. The van der Waals surface area contributed by atoms with Crippen LogP contribution in [0.5, 0.6) is 0 Å². The van der Waals surface area contributed by atoms with Crippen LogP contribution in [0.1, 0.15) is 29.7 Å². The van der Waals surface area contributed by atoms with E-state index in [0.717, 1.165) is 32.5 Å². The second-order valence-corrected chi connectivity index (χ2v) is 4.69. The van der Waals surface area contributed by atoms with Crippen molar-refractivity contribution in [3.05, 3.63) is 16.1 Å². The number of nitrogens with zero attached hydrogens (tertiary/aromatic N) is 1. The van der Waals surface area contributed by atoms with E-state index in [1.807, 2.05) is 6.20 Å². The van der Waals surface area contributed by atoms with Gasteiger partial charge in [0.1, 0.15) is 0 Å². The van der Waals surface area contributed by atoms with Gasteiger partial charge in [-0.1, -0.05) is 6.92 Å². The second kappa shape index (κ2) is 7.79. The van der Waals surface area contributed by atoms with E-state index in [-0.39, 0.29) is 0 Å². The zero-order chi connectivity index (χ0) is 10.9. The standard InChI is InChI=1S/C11H20N2OS/c1-3-6-12-8-10-9-13-11(15-10)5-4-7-14-2/h9,12H,3-8H2,1-2H3. The number of nitrogens with one attached hydrogen (secondary N) is 1. The fraction of sp³-hybridized carbons (Fsp3) is 0.727. The lowest BCUT2D eigenvalue weighted by Gasteiger charge is -1.98. The summed E-state index contributed by atoms with van der Waals surface area (Å²) in [6.45, 7) is 5.03. The highest BCUT2D eigenvalue weighted by Crippen LogP contribution is 2.14. The van der Waals surface area contributed by atoms with Crippen molar-refractivity contribution in [3.8, 4) is 0 Å². The summed E-state index contributed by atoms with van der Waals surface area (Å²) in [6.07, 6.45) is 5.26. The van der Waals surface area contributed by atoms with Gasteiger partial charge in [-0.25, -0.2) is 4.98 Å². The molecular formula is C11H20N2OS. The van der Waals surface area contributed by atoms with Crippen LogP contribution in [-0.2, 0) is 17.7 Å². The Morgan fingerprint density at radius 3 is 3.13 bits per heavy atom. The van der Waals surface area contributed by atoms with Crippen LogP contribution < -0.4 is 5.32 Å². The normalized spacial score (nSPS) is 10.8. The van der Waals surface area contributed by atoms with Gasteiger partial charge < -0.3 is 10.1 Å². The number of hydrogen-bond donors (Lipinski definition) is 1. The Morgan fingerprint density at radius 1 is 1.53 bits per heavy atom. The van der Waals surface area contributed by atoms with Gasteiger partial charge in [0.25, 0.3) is 0 Å². The molecule has 0 spiro atoms. The zero-order valence-corrected chi connectivity index (χ0v) is 10.4. The van der Waals surface area contributed by atoms with Crippen molar-refractivity contribution in [2.24, 2.45) is 0 Å². The van der Waals surface area contributed by atoms with Crippen LogP contribution in [0, 0.1) is 0 Å². The number of hydrogen-bond acceptors (Lipinski definition) is 4. The Bertz CT molecular complexity index is 238. The fourth-order valence-electron chi connectivity index (χ4n) is 1.30. The average molecular weight is 228 g/mol. The minimum atomic E-state index is 0.822. The molecule has 1 aromatic heterocycles. The molecular weight excluding hydrogens is 208 g/mol. The molecule has 1 aromatic rings. The van der Waals surface area contributed by atoms with E-state index in [2.05, 4.69) is 17.2 Å². The lowest BCUT2D eigenvalue weighted by atomic mass is 10.3. The molecule has 0 aliphatic carbocycles. The number of thiazole rings is 1. The topological polar surface area (TPSA) is 34.2 Å². The van der Waals surface area contributed by atoms with Gasteiger partial charge >= 0.3 is 0 Å². The monoisotopic (exact) mass is 228 g/mol. The van der Waals surface area contributed by atoms with Crippen LogP contribution >= 0.6 is 11.3 Å². The summed E-state index contributed by atoms with van der Waals surface area (Å²) in [5.74, 6) is 0. The summed E-state index contributed by atoms with van der Waals surface area (Å²) in [6, 6.07) is 0. The van der Waals surface area contributed by atoms with Crippen molar-refractivity contribution in [1.29, 1.82) is 0 Å². The van der Waals surface area contributed by atoms with Crippen LogP contribution in [0.15, 0.2) is 6.20 Å². The van der Waals surface area contributed by atoms with Crippen LogP contribution in [0.2, 0.25) is 0 Å². The number of aromatic nitrogens is 1. The van der Waals surface area contributed by atoms with Gasteiger partial charge in [-0.05, 0) is 19.4 Å². The third kappa shape index (κ3) is 5.25. The number of rotatable bonds is 8. The molecule has 0 amide bonds. The first-order valence-corrected chi connectivity index (χ1v) is 6.31. The van der Waals surface area contributed by atoms with E-state index in [9.17, 15) is 0 Å². The van der Waals surface area contributed by atoms with Gasteiger partial charge in [-0.15, -0.1) is 11.3 Å². The molecule has 1 N–H and O–H groups in total. The highest BCUT2D eigenvalue weighted by atomic mass is 32.1. The maximum atomic E-state index is 5.01. The molecule has 0 fully saturated rings. The SMILES string of the molecule is CCCNCc1cnc(CCCOC)s1. The summed E-state index contributed by atoms with van der Waals surface area (Å²) in [4.78, 5) is 5.72. The molecule has 0 saturated heterocycles. The Morgan fingerprint density at radius 2 is 2.40 bits per heavy atom. The lowest BCUT2D eigenvalue weighted by Crippen LogP contribution is -2.12. The third-order valence-electron chi connectivity index (χ3n) is 2.07. The third-order valence-corrected chi connectivity index (χ3v) is 3.12. The summed E-state index contributed by atoms with van der Waals surface area (Å²) >= 11 is 1.80. The first kappa shape index (κ1) is 12.6. The van der Waals surface area contributed by atoms with E-state index in [1.165, 1.54) is 16.3 Å². The maximum absolute atomic E-state index is 5.01. The highest BCUT2D eigenvalue weighted by molar-refractivity contribution is 7.11. The van der Waals surface area contributed by atoms with Crippen LogP contribution in [0.4, 0.5) is 0 Å². The average Bonchev–Trinajstić information content (AvgIpc) is 2.67. The lowest BCUT2D eigenvalue weighted by molar-refractivity contribution is 0.195. The quantitative estimate of drug-likeness (QED) is 0.693. The minimum Gasteiger partial charge on any atom is -0.385 e. The molecule has 0 radical (unpaired) electrons. The number of ether oxygens (including phenoxy) is 1. The molecule has 4 heteroatoms. The van der Waals surface area contributed by atoms with Gasteiger partial charge in [0, 0.05) is 37.8 Å². The van der Waals surface area contributed by atoms with Gasteiger partial charge in [0.2, 0.25) is 0 Å². The summed E-state index contributed by atoms with van der Waals surface area (Å²) in [5, 5.41) is 4.60. The molecule has 1 rings (SSSR count). The number of aryl methyl sites for hydroxylation is 1. The first-order valence-electron chi connectivity index (χ1n) is 5.50. The van der Waals surface area contributed by atoms with Gasteiger partial charge in [0.05, 0.1) is 5.01 Å². The van der Waals surface area contributed by atoms with Crippen molar-refractivity contribution in [2.75, 3.05) is 20.3 Å². The van der Waals surface area contributed by atoms with Crippen LogP contribution in [0.25, 0.3) is 0 Å². The predicted octanol–water partition coefficient (Wildman–Crippen LogP) is 2.22. The molecule has 0 unspecified atom stereocenters. The van der Waals surface area contributed by atoms with Crippen molar-refractivity contribution in [2.45, 2.75) is 32.7 Å². The molecule has 1 heterocycles. The van der Waals surface area contributed by atoms with E-state index < -0.39 is 0 Å². The molecule has 0 aliphatic rings. The molecule has 0 aliphatic heterocycles. The molecule has 0 atom stereocenters. The smallest absolute Gasteiger partial charge is 0.0929 e. The van der Waals surface area contributed by atoms with Crippen molar-refractivity contribution in [3.63, 3.8) is 0 Å². The van der Waals surface area contributed by atoms with E-state index in [4.69, 9.17) is 4.74 Å². The minimum absolute atomic E-state index is 0.822. The Kier molecular flexibility index (Phi) is 6.55. The van der Waals surface area contributed by atoms with E-state index in [0.29, 0.717) is 0 Å². The van der Waals surface area contributed by atoms with Crippen molar-refractivity contribution < 1.29 is 4.74 Å². The zero-order valence-electron chi connectivity index (χ0n) is 9.58. The molecule has 0 saturated carbocycles. The summed E-state index contributed by atoms with van der Waals surface area (Å²) < 4.78 is 5.01. The highest BCUT2D eigenvalue weighted by Gasteiger charge is 2.01. The van der Waals surface area contributed by atoms with Gasteiger partial charge in [-0.2, -0.15) is 0 Å². The van der Waals surface area contributed by atoms with E-state index in [1.54, 1.807) is 18.4 Å². The molecule has 0 bridgehead atoms. The fourth-order valence-corrected chi connectivity index (χ4v) is 2.24. The van der Waals surface area contributed by atoms with Crippen molar-refractivity contribution in [1.82, 2.24) is 10.3 Å². The molecule has 3 nitrogen and oxygen atoms in total. The predicted molar refractivity (Wildman–Crippen MR) is 64.3 cm³/mol.